The van der Waals surface area contributed by atoms with Gasteiger partial charge in [0, 0.05) is 13.1 Å². The summed E-state index contributed by atoms with van der Waals surface area (Å²) in [6.07, 6.45) is 0. The van der Waals surface area contributed by atoms with E-state index in [1.54, 1.807) is 0 Å². The van der Waals surface area contributed by atoms with E-state index in [2.05, 4.69) is 11.0 Å². The minimum Gasteiger partial charge on any atom is -0.379 e. The number of hydrogen-bond donors (Lipinski definition) is 0. The van der Waals surface area contributed by atoms with Crippen LogP contribution in [0.3, 0.4) is 0 Å². The van der Waals surface area contributed by atoms with Crippen LogP contribution in [0.4, 0.5) is 0 Å². The Hall–Kier alpha value is -1.37. The molecular formula is C12H14N2O. The minimum atomic E-state index is -0.130. The Morgan fingerprint density at radius 3 is 2.47 bits per heavy atom. The standard InChI is InChI=1S/C12H14N2O/c13-10-12(11-4-2-1-3-5-11)14-6-8-15-9-7-14/h1-5,12H,6-9H2/t12-/m0/s1. The zero-order valence-electron chi connectivity index (χ0n) is 8.60. The predicted octanol–water partition coefficient (Wildman–Crippen LogP) is 1.58. The van der Waals surface area contributed by atoms with Crippen molar-refractivity contribution < 1.29 is 4.74 Å². The summed E-state index contributed by atoms with van der Waals surface area (Å²) in [6.45, 7) is 3.14. The highest BCUT2D eigenvalue weighted by Crippen LogP contribution is 2.20. The maximum absolute atomic E-state index is 9.20. The molecule has 1 fully saturated rings. The summed E-state index contributed by atoms with van der Waals surface area (Å²) in [7, 11) is 0. The maximum atomic E-state index is 9.20. The van der Waals surface area contributed by atoms with Crippen LogP contribution in [-0.2, 0) is 4.74 Å². The largest absolute Gasteiger partial charge is 0.379 e. The van der Waals surface area contributed by atoms with Crippen LogP contribution in [0.2, 0.25) is 0 Å². The van der Waals surface area contributed by atoms with Gasteiger partial charge >= 0.3 is 0 Å². The first-order valence-electron chi connectivity index (χ1n) is 5.18. The van der Waals surface area contributed by atoms with Crippen LogP contribution in [0.15, 0.2) is 30.3 Å². The molecule has 0 bridgehead atoms. The Balaban J connectivity index is 2.14. The smallest absolute Gasteiger partial charge is 0.124 e. The van der Waals surface area contributed by atoms with Gasteiger partial charge in [-0.25, -0.2) is 0 Å². The van der Waals surface area contributed by atoms with Gasteiger partial charge < -0.3 is 4.74 Å². The van der Waals surface area contributed by atoms with Crippen molar-refractivity contribution in [1.29, 1.82) is 5.26 Å². The van der Waals surface area contributed by atoms with E-state index in [0.717, 1.165) is 31.9 Å². The fourth-order valence-electron chi connectivity index (χ4n) is 1.84. The highest BCUT2D eigenvalue weighted by atomic mass is 16.5. The lowest BCUT2D eigenvalue weighted by molar-refractivity contribution is 0.0266. The molecule has 0 unspecified atom stereocenters. The van der Waals surface area contributed by atoms with Crippen LogP contribution in [0.25, 0.3) is 0 Å². The first-order valence-corrected chi connectivity index (χ1v) is 5.18. The predicted molar refractivity (Wildman–Crippen MR) is 57.2 cm³/mol. The van der Waals surface area contributed by atoms with E-state index in [0.29, 0.717) is 0 Å². The van der Waals surface area contributed by atoms with Gasteiger partial charge in [-0.3, -0.25) is 4.90 Å². The Bertz CT molecular complexity index is 338. The molecular weight excluding hydrogens is 188 g/mol. The number of rotatable bonds is 2. The number of nitrogens with zero attached hydrogens (tertiary/aromatic N) is 2. The SMILES string of the molecule is N#C[C@@H](c1ccccc1)N1CCOCC1. The molecule has 1 aliphatic rings. The van der Waals surface area contributed by atoms with Crippen LogP contribution in [0.1, 0.15) is 11.6 Å². The molecule has 0 aromatic heterocycles. The van der Waals surface area contributed by atoms with E-state index >= 15 is 0 Å². The first kappa shape index (κ1) is 10.2. The van der Waals surface area contributed by atoms with E-state index in [1.165, 1.54) is 0 Å². The minimum absolute atomic E-state index is 0.130. The molecule has 0 radical (unpaired) electrons. The lowest BCUT2D eigenvalue weighted by atomic mass is 10.1. The number of morpholine rings is 1. The molecule has 0 aliphatic carbocycles. The Morgan fingerprint density at radius 2 is 1.87 bits per heavy atom. The van der Waals surface area contributed by atoms with Crippen molar-refractivity contribution in [1.82, 2.24) is 4.90 Å². The monoisotopic (exact) mass is 202 g/mol. The molecule has 3 heteroatoms. The molecule has 0 amide bonds. The van der Waals surface area contributed by atoms with Crippen LogP contribution in [-0.4, -0.2) is 31.2 Å². The fraction of sp³-hybridized carbons (Fsp3) is 0.417. The van der Waals surface area contributed by atoms with E-state index < -0.39 is 0 Å². The molecule has 15 heavy (non-hydrogen) atoms. The highest BCUT2D eigenvalue weighted by molar-refractivity contribution is 5.24. The zero-order chi connectivity index (χ0) is 10.5. The average molecular weight is 202 g/mol. The number of nitriles is 1. The third-order valence-electron chi connectivity index (χ3n) is 2.65. The third kappa shape index (κ3) is 2.35. The molecule has 1 aromatic carbocycles. The van der Waals surface area contributed by atoms with E-state index in [1.807, 2.05) is 30.3 Å². The van der Waals surface area contributed by atoms with Crippen molar-refractivity contribution >= 4 is 0 Å². The van der Waals surface area contributed by atoms with Crippen molar-refractivity contribution in [2.45, 2.75) is 6.04 Å². The second-order valence-electron chi connectivity index (χ2n) is 3.59. The maximum Gasteiger partial charge on any atom is 0.124 e. The molecule has 2 rings (SSSR count). The van der Waals surface area contributed by atoms with Crippen LogP contribution < -0.4 is 0 Å². The van der Waals surface area contributed by atoms with Gasteiger partial charge in [0.05, 0.1) is 19.3 Å². The van der Waals surface area contributed by atoms with E-state index in [9.17, 15) is 5.26 Å². The fourth-order valence-corrected chi connectivity index (χ4v) is 1.84. The zero-order valence-corrected chi connectivity index (χ0v) is 8.60. The molecule has 0 N–H and O–H groups in total. The Kier molecular flexibility index (Phi) is 3.33. The summed E-state index contributed by atoms with van der Waals surface area (Å²) in [6, 6.07) is 12.1. The highest BCUT2D eigenvalue weighted by Gasteiger charge is 2.21. The Labute approximate surface area is 89.9 Å². The molecule has 3 nitrogen and oxygen atoms in total. The second-order valence-corrected chi connectivity index (χ2v) is 3.59. The normalized spacial score (nSPS) is 19.4. The lowest BCUT2D eigenvalue weighted by Crippen LogP contribution is -2.38. The summed E-state index contributed by atoms with van der Waals surface area (Å²) in [5.74, 6) is 0. The average Bonchev–Trinajstić information content (AvgIpc) is 2.33. The van der Waals surface area contributed by atoms with Gasteiger partial charge in [-0.1, -0.05) is 30.3 Å². The molecule has 1 atom stereocenters. The summed E-state index contributed by atoms with van der Waals surface area (Å²) in [5, 5.41) is 9.20. The molecule has 0 saturated carbocycles. The van der Waals surface area contributed by atoms with Crippen molar-refractivity contribution in [3.8, 4) is 6.07 Å². The first-order chi connectivity index (χ1) is 7.42. The van der Waals surface area contributed by atoms with E-state index in [4.69, 9.17) is 4.74 Å². The van der Waals surface area contributed by atoms with E-state index in [-0.39, 0.29) is 6.04 Å². The van der Waals surface area contributed by atoms with Crippen molar-refractivity contribution in [2.75, 3.05) is 26.3 Å². The van der Waals surface area contributed by atoms with Crippen molar-refractivity contribution in [3.63, 3.8) is 0 Å². The Morgan fingerprint density at radius 1 is 1.20 bits per heavy atom. The van der Waals surface area contributed by atoms with Crippen LogP contribution in [0, 0.1) is 11.3 Å². The van der Waals surface area contributed by atoms with Crippen molar-refractivity contribution in [3.05, 3.63) is 35.9 Å². The number of hydrogen-bond acceptors (Lipinski definition) is 3. The molecule has 1 heterocycles. The molecule has 1 aromatic rings. The van der Waals surface area contributed by atoms with Gasteiger partial charge in [0.25, 0.3) is 0 Å². The van der Waals surface area contributed by atoms with Gasteiger partial charge in [0.2, 0.25) is 0 Å². The summed E-state index contributed by atoms with van der Waals surface area (Å²) in [4.78, 5) is 2.17. The van der Waals surface area contributed by atoms with Gasteiger partial charge in [-0.15, -0.1) is 0 Å². The van der Waals surface area contributed by atoms with Crippen LogP contribution in [0.5, 0.6) is 0 Å². The third-order valence-corrected chi connectivity index (χ3v) is 2.65. The molecule has 1 saturated heterocycles. The van der Waals surface area contributed by atoms with Gasteiger partial charge in [-0.05, 0) is 5.56 Å². The second kappa shape index (κ2) is 4.92. The lowest BCUT2D eigenvalue weighted by Gasteiger charge is -2.30. The van der Waals surface area contributed by atoms with Gasteiger partial charge in [0.15, 0.2) is 0 Å². The molecule has 78 valence electrons. The molecule has 0 spiro atoms. The summed E-state index contributed by atoms with van der Waals surface area (Å²) >= 11 is 0. The number of benzene rings is 1. The van der Waals surface area contributed by atoms with Gasteiger partial charge in [0.1, 0.15) is 6.04 Å². The summed E-state index contributed by atoms with van der Waals surface area (Å²) in [5.41, 5.74) is 1.07. The topological polar surface area (TPSA) is 36.3 Å². The number of ether oxygens (including phenoxy) is 1. The van der Waals surface area contributed by atoms with Crippen LogP contribution >= 0.6 is 0 Å². The molecule has 1 aliphatic heterocycles. The summed E-state index contributed by atoms with van der Waals surface area (Å²) < 4.78 is 5.28. The van der Waals surface area contributed by atoms with Crippen molar-refractivity contribution in [2.24, 2.45) is 0 Å². The van der Waals surface area contributed by atoms with Gasteiger partial charge in [-0.2, -0.15) is 5.26 Å². The quantitative estimate of drug-likeness (QED) is 0.730.